The number of carbonyl (C=O) groups is 1. The maximum atomic E-state index is 13.2. The van der Waals surface area contributed by atoms with E-state index in [9.17, 15) is 9.18 Å². The maximum absolute atomic E-state index is 13.2. The average molecular weight is 422 g/mol. The molecule has 0 spiro atoms. The minimum Gasteiger partial charge on any atom is -0.354 e. The largest absolute Gasteiger partial charge is 0.354 e. The Kier molecular flexibility index (Phi) is 5.33. The molecule has 0 aliphatic carbocycles. The van der Waals surface area contributed by atoms with Crippen LogP contribution in [0, 0.1) is 5.82 Å². The lowest BCUT2D eigenvalue weighted by Crippen LogP contribution is -2.46. The van der Waals surface area contributed by atoms with Crippen molar-refractivity contribution < 1.29 is 13.7 Å². The molecule has 160 valence electrons. The van der Waals surface area contributed by atoms with E-state index in [0.717, 1.165) is 32.0 Å². The lowest BCUT2D eigenvalue weighted by Gasteiger charge is -2.34. The van der Waals surface area contributed by atoms with Gasteiger partial charge in [-0.3, -0.25) is 9.69 Å². The van der Waals surface area contributed by atoms with Crippen LogP contribution in [0.3, 0.4) is 0 Å². The highest BCUT2D eigenvalue weighted by atomic mass is 19.1. The van der Waals surface area contributed by atoms with Crippen molar-refractivity contribution in [1.82, 2.24) is 20.0 Å². The highest BCUT2D eigenvalue weighted by Gasteiger charge is 2.34. The minimum atomic E-state index is -0.323. The summed E-state index contributed by atoms with van der Waals surface area (Å²) in [6.07, 6.45) is 2.13. The van der Waals surface area contributed by atoms with E-state index in [2.05, 4.69) is 24.9 Å². The van der Waals surface area contributed by atoms with Gasteiger partial charge in [-0.1, -0.05) is 11.2 Å². The Bertz CT molecular complexity index is 1030. The molecule has 8 nitrogen and oxygen atoms in total. The number of hydrogen-bond donors (Lipinski definition) is 0. The minimum absolute atomic E-state index is 0.0198. The van der Waals surface area contributed by atoms with Gasteiger partial charge in [-0.25, -0.2) is 9.37 Å². The first kappa shape index (κ1) is 19.6. The van der Waals surface area contributed by atoms with Crippen molar-refractivity contribution in [2.24, 2.45) is 0 Å². The smallest absolute Gasteiger partial charge is 0.240 e. The monoisotopic (exact) mass is 422 g/mol. The summed E-state index contributed by atoms with van der Waals surface area (Å²) < 4.78 is 18.6. The van der Waals surface area contributed by atoms with Gasteiger partial charge in [0.1, 0.15) is 11.6 Å². The molecule has 1 atom stereocenters. The van der Waals surface area contributed by atoms with Crippen molar-refractivity contribution in [2.45, 2.75) is 18.9 Å². The molecule has 1 amide bonds. The van der Waals surface area contributed by atoms with Gasteiger partial charge in [-0.05, 0) is 36.4 Å². The molecule has 0 N–H and O–H groups in total. The van der Waals surface area contributed by atoms with Gasteiger partial charge in [0.2, 0.25) is 11.8 Å². The normalized spacial score (nSPS) is 19.9. The zero-order chi connectivity index (χ0) is 21.2. The number of pyridine rings is 1. The molecule has 9 heteroatoms. The fourth-order valence-corrected chi connectivity index (χ4v) is 4.12. The molecule has 1 aromatic carbocycles. The number of benzene rings is 1. The number of nitrogens with zero attached hydrogens (tertiary/aromatic N) is 6. The summed E-state index contributed by atoms with van der Waals surface area (Å²) in [5, 5.41) is 4.13. The highest BCUT2D eigenvalue weighted by Crippen LogP contribution is 2.30. The van der Waals surface area contributed by atoms with Gasteiger partial charge in [-0.15, -0.1) is 0 Å². The van der Waals surface area contributed by atoms with Gasteiger partial charge in [0.05, 0.1) is 6.54 Å². The number of halogens is 1. The molecular weight excluding hydrogens is 399 g/mol. The number of hydrogen-bond acceptors (Lipinski definition) is 7. The Morgan fingerprint density at radius 2 is 1.87 bits per heavy atom. The van der Waals surface area contributed by atoms with E-state index in [1.807, 2.05) is 24.4 Å². The van der Waals surface area contributed by atoms with Gasteiger partial charge in [-0.2, -0.15) is 4.98 Å². The Morgan fingerprint density at radius 3 is 2.61 bits per heavy atom. The fourth-order valence-electron chi connectivity index (χ4n) is 4.12. The molecule has 2 fully saturated rings. The number of carbonyl (C=O) groups excluding carboxylic acids is 1. The second-order valence-electron chi connectivity index (χ2n) is 7.88. The molecule has 5 rings (SSSR count). The van der Waals surface area contributed by atoms with Crippen molar-refractivity contribution in [3.63, 3.8) is 0 Å². The Morgan fingerprint density at radius 1 is 1.06 bits per heavy atom. The van der Waals surface area contributed by atoms with E-state index in [1.165, 1.54) is 12.1 Å². The number of piperazine rings is 1. The Hall–Kier alpha value is -3.33. The van der Waals surface area contributed by atoms with E-state index in [4.69, 9.17) is 4.52 Å². The van der Waals surface area contributed by atoms with Gasteiger partial charge in [0, 0.05) is 56.9 Å². The van der Waals surface area contributed by atoms with E-state index in [1.54, 1.807) is 17.0 Å². The maximum Gasteiger partial charge on any atom is 0.240 e. The first-order valence-corrected chi connectivity index (χ1v) is 10.4. The van der Waals surface area contributed by atoms with Crippen molar-refractivity contribution >= 4 is 17.4 Å². The molecule has 2 aliphatic rings. The summed E-state index contributed by atoms with van der Waals surface area (Å²) in [7, 11) is 0. The van der Waals surface area contributed by atoms with Crippen LogP contribution in [-0.2, 0) is 11.3 Å². The zero-order valence-corrected chi connectivity index (χ0v) is 17.0. The lowest BCUT2D eigenvalue weighted by molar-refractivity contribution is -0.117. The standard InChI is InChI=1S/C22H23FN6O2/c23-17-4-6-18(7-5-17)29-14-16(13-21(29)30)22-25-20(31-26-22)15-27-9-11-28(12-10-27)19-3-1-2-8-24-19/h1-8,16H,9-15H2. The van der Waals surface area contributed by atoms with Crippen LogP contribution in [0.5, 0.6) is 0 Å². The molecule has 3 aromatic rings. The predicted molar refractivity (Wildman–Crippen MR) is 112 cm³/mol. The van der Waals surface area contributed by atoms with E-state index < -0.39 is 0 Å². The third kappa shape index (κ3) is 4.27. The first-order chi connectivity index (χ1) is 15.2. The molecule has 0 saturated carbocycles. The van der Waals surface area contributed by atoms with E-state index >= 15 is 0 Å². The van der Waals surface area contributed by atoms with Crippen LogP contribution in [0.15, 0.2) is 53.2 Å². The summed E-state index contributed by atoms with van der Waals surface area (Å²) in [5.74, 6) is 1.65. The van der Waals surface area contributed by atoms with Crippen molar-refractivity contribution in [2.75, 3.05) is 42.5 Å². The number of aromatic nitrogens is 3. The summed E-state index contributed by atoms with van der Waals surface area (Å²) in [6.45, 7) is 4.60. The molecule has 0 radical (unpaired) electrons. The number of anilines is 2. The Balaban J connectivity index is 1.17. The topological polar surface area (TPSA) is 78.6 Å². The molecule has 2 aliphatic heterocycles. The van der Waals surface area contributed by atoms with Gasteiger partial charge in [0.15, 0.2) is 5.82 Å². The molecule has 4 heterocycles. The van der Waals surface area contributed by atoms with Crippen LogP contribution in [0.4, 0.5) is 15.9 Å². The van der Waals surface area contributed by atoms with E-state index in [-0.39, 0.29) is 17.6 Å². The van der Waals surface area contributed by atoms with Crippen molar-refractivity contribution in [1.29, 1.82) is 0 Å². The SMILES string of the molecule is O=C1CC(c2noc(CN3CCN(c4ccccn4)CC3)n2)CN1c1ccc(F)cc1. The third-order valence-corrected chi connectivity index (χ3v) is 5.82. The zero-order valence-electron chi connectivity index (χ0n) is 17.0. The average Bonchev–Trinajstić information content (AvgIpc) is 3.42. The summed E-state index contributed by atoms with van der Waals surface area (Å²) >= 11 is 0. The van der Waals surface area contributed by atoms with Crippen LogP contribution in [0.1, 0.15) is 24.1 Å². The first-order valence-electron chi connectivity index (χ1n) is 10.4. The van der Waals surface area contributed by atoms with Gasteiger partial charge >= 0.3 is 0 Å². The molecule has 31 heavy (non-hydrogen) atoms. The lowest BCUT2D eigenvalue weighted by atomic mass is 10.1. The number of rotatable bonds is 5. The van der Waals surface area contributed by atoms with Crippen molar-refractivity contribution in [3.8, 4) is 0 Å². The van der Waals surface area contributed by atoms with Crippen LogP contribution < -0.4 is 9.80 Å². The number of amides is 1. The second-order valence-corrected chi connectivity index (χ2v) is 7.88. The molecule has 2 saturated heterocycles. The summed E-state index contributed by atoms with van der Waals surface area (Å²) in [6, 6.07) is 11.9. The van der Waals surface area contributed by atoms with Crippen LogP contribution in [0.2, 0.25) is 0 Å². The second kappa shape index (κ2) is 8.43. The van der Waals surface area contributed by atoms with Gasteiger partial charge in [0.25, 0.3) is 0 Å². The van der Waals surface area contributed by atoms with Crippen LogP contribution in [0.25, 0.3) is 0 Å². The predicted octanol–water partition coefficient (Wildman–Crippen LogP) is 2.45. The van der Waals surface area contributed by atoms with Crippen LogP contribution in [-0.4, -0.2) is 58.7 Å². The van der Waals surface area contributed by atoms with Gasteiger partial charge < -0.3 is 14.3 Å². The summed E-state index contributed by atoms with van der Waals surface area (Å²) in [5.41, 5.74) is 0.684. The molecule has 1 unspecified atom stereocenters. The van der Waals surface area contributed by atoms with Crippen LogP contribution >= 0.6 is 0 Å². The van der Waals surface area contributed by atoms with E-state index in [0.29, 0.717) is 36.9 Å². The third-order valence-electron chi connectivity index (χ3n) is 5.82. The molecular formula is C22H23FN6O2. The quantitative estimate of drug-likeness (QED) is 0.625. The highest BCUT2D eigenvalue weighted by molar-refractivity contribution is 5.96. The molecule has 0 bridgehead atoms. The summed E-state index contributed by atoms with van der Waals surface area (Å²) in [4.78, 5) is 27.6. The fraction of sp³-hybridized carbons (Fsp3) is 0.364. The van der Waals surface area contributed by atoms with Crippen molar-refractivity contribution in [3.05, 3.63) is 66.2 Å². The Labute approximate surface area is 179 Å². The molecule has 2 aromatic heterocycles.